The maximum absolute atomic E-state index is 12.2. The molecule has 1 aromatic carbocycles. The molecule has 0 saturated heterocycles. The van der Waals surface area contributed by atoms with E-state index in [1.165, 1.54) is 16.8 Å². The molecule has 1 amide bonds. The molecule has 0 radical (unpaired) electrons. The highest BCUT2D eigenvalue weighted by atomic mass is 32.1. The van der Waals surface area contributed by atoms with Crippen LogP contribution in [-0.4, -0.2) is 27.2 Å². The number of benzene rings is 1. The molecule has 0 unspecified atom stereocenters. The minimum Gasteiger partial charge on any atom is -0.478 e. The van der Waals surface area contributed by atoms with Gasteiger partial charge in [-0.25, -0.2) is 4.79 Å². The average molecular weight is 277 g/mol. The van der Waals surface area contributed by atoms with E-state index in [9.17, 15) is 14.7 Å². The number of anilines is 1. The molecule has 2 N–H and O–H groups in total. The van der Waals surface area contributed by atoms with Crippen molar-refractivity contribution in [2.24, 2.45) is 0 Å². The van der Waals surface area contributed by atoms with Crippen molar-refractivity contribution in [1.29, 1.82) is 0 Å². The van der Waals surface area contributed by atoms with Crippen LogP contribution in [0.5, 0.6) is 0 Å². The number of carboxylic acid groups (broad SMARTS) is 1. The number of rotatable bonds is 3. The minimum atomic E-state index is -1.12. The number of carboxylic acids is 1. The van der Waals surface area contributed by atoms with Gasteiger partial charge in [0.15, 0.2) is 0 Å². The monoisotopic (exact) mass is 277 g/mol. The van der Waals surface area contributed by atoms with Gasteiger partial charge in [-0.15, -0.1) is 10.2 Å². The topological polar surface area (TPSA) is 92.2 Å². The van der Waals surface area contributed by atoms with E-state index < -0.39 is 11.9 Å². The number of aromatic nitrogens is 2. The average Bonchev–Trinajstić information content (AvgIpc) is 2.83. The van der Waals surface area contributed by atoms with Crippen LogP contribution >= 0.6 is 11.3 Å². The molecular formula is C12H11N3O3S. The van der Waals surface area contributed by atoms with E-state index in [1.807, 2.05) is 0 Å². The van der Waals surface area contributed by atoms with Crippen molar-refractivity contribution in [3.05, 3.63) is 39.9 Å². The zero-order valence-corrected chi connectivity index (χ0v) is 11.1. The maximum Gasteiger partial charge on any atom is 0.336 e. The van der Waals surface area contributed by atoms with E-state index in [4.69, 9.17) is 0 Å². The smallest absolute Gasteiger partial charge is 0.336 e. The number of carbonyl (C=O) groups is 2. The highest BCUT2D eigenvalue weighted by Crippen LogP contribution is 2.20. The first-order chi connectivity index (χ1) is 9.00. The molecule has 0 bridgehead atoms. The molecule has 1 aromatic heterocycles. The van der Waals surface area contributed by atoms with Gasteiger partial charge in [0.2, 0.25) is 5.13 Å². The molecular weight excluding hydrogens is 266 g/mol. The number of aromatic carboxylic acids is 1. The summed E-state index contributed by atoms with van der Waals surface area (Å²) in [5.41, 5.74) is 2.80. The summed E-state index contributed by atoms with van der Waals surface area (Å²) >= 11 is 1.17. The molecule has 0 aliphatic rings. The summed E-state index contributed by atoms with van der Waals surface area (Å²) < 4.78 is 0. The number of nitrogens with one attached hydrogen (secondary N) is 1. The Kier molecular flexibility index (Phi) is 3.57. The van der Waals surface area contributed by atoms with Crippen molar-refractivity contribution in [2.45, 2.75) is 13.8 Å². The molecule has 2 aromatic rings. The Bertz CT molecular complexity index is 638. The van der Waals surface area contributed by atoms with Crippen molar-refractivity contribution in [3.8, 4) is 0 Å². The standard InChI is InChI=1S/C12H11N3O3S/c1-6-3-4-7(2)9(11(17)18)8(6)10(16)14-12-15-13-5-19-12/h3-5H,1-2H3,(H,17,18)(H,14,15,16). The van der Waals surface area contributed by atoms with Gasteiger partial charge >= 0.3 is 5.97 Å². The SMILES string of the molecule is Cc1ccc(C)c(C(=O)Nc2nncs2)c1C(=O)O. The summed E-state index contributed by atoms with van der Waals surface area (Å²) in [6.45, 7) is 3.35. The Morgan fingerprint density at radius 2 is 1.84 bits per heavy atom. The van der Waals surface area contributed by atoms with Crippen LogP contribution in [0.25, 0.3) is 0 Å². The quantitative estimate of drug-likeness (QED) is 0.896. The van der Waals surface area contributed by atoms with Crippen LogP contribution in [-0.2, 0) is 0 Å². The highest BCUT2D eigenvalue weighted by molar-refractivity contribution is 7.13. The molecule has 19 heavy (non-hydrogen) atoms. The lowest BCUT2D eigenvalue weighted by atomic mass is 9.96. The van der Waals surface area contributed by atoms with E-state index in [0.29, 0.717) is 16.3 Å². The van der Waals surface area contributed by atoms with Crippen LogP contribution in [0.15, 0.2) is 17.6 Å². The summed E-state index contributed by atoms with van der Waals surface area (Å²) in [5.74, 6) is -1.61. The summed E-state index contributed by atoms with van der Waals surface area (Å²) in [7, 11) is 0. The second kappa shape index (κ2) is 5.15. The third-order valence-electron chi connectivity index (χ3n) is 2.64. The molecule has 2 rings (SSSR count). The van der Waals surface area contributed by atoms with Crippen molar-refractivity contribution in [1.82, 2.24) is 10.2 Å². The Hall–Kier alpha value is -2.28. The second-order valence-electron chi connectivity index (χ2n) is 3.95. The summed E-state index contributed by atoms with van der Waals surface area (Å²) in [6, 6.07) is 3.40. The van der Waals surface area contributed by atoms with Gasteiger partial charge in [-0.2, -0.15) is 0 Å². The van der Waals surface area contributed by atoms with Gasteiger partial charge in [-0.3, -0.25) is 10.1 Å². The Morgan fingerprint density at radius 1 is 1.21 bits per heavy atom. The molecule has 98 valence electrons. The van der Waals surface area contributed by atoms with E-state index in [0.717, 1.165) is 0 Å². The predicted molar refractivity (Wildman–Crippen MR) is 70.7 cm³/mol. The molecule has 1 heterocycles. The molecule has 7 heteroatoms. The maximum atomic E-state index is 12.2. The lowest BCUT2D eigenvalue weighted by molar-refractivity contribution is 0.0691. The Balaban J connectivity index is 2.46. The number of hydrogen-bond acceptors (Lipinski definition) is 5. The van der Waals surface area contributed by atoms with E-state index in [-0.39, 0.29) is 11.1 Å². The molecule has 6 nitrogen and oxygen atoms in total. The third-order valence-corrected chi connectivity index (χ3v) is 3.25. The zero-order chi connectivity index (χ0) is 14.0. The molecule has 0 aliphatic carbocycles. The fourth-order valence-electron chi connectivity index (χ4n) is 1.77. The Labute approximate surface area is 113 Å². The molecule has 0 atom stereocenters. The van der Waals surface area contributed by atoms with Crippen LogP contribution in [0.4, 0.5) is 5.13 Å². The predicted octanol–water partition coefficient (Wildman–Crippen LogP) is 2.11. The first kappa shape index (κ1) is 13.2. The number of carbonyl (C=O) groups excluding carboxylic acids is 1. The van der Waals surface area contributed by atoms with Gasteiger partial charge in [-0.05, 0) is 25.0 Å². The lowest BCUT2D eigenvalue weighted by Crippen LogP contribution is -2.19. The number of nitrogens with zero attached hydrogens (tertiary/aromatic N) is 2. The first-order valence-corrected chi connectivity index (χ1v) is 6.29. The van der Waals surface area contributed by atoms with Crippen molar-refractivity contribution in [2.75, 3.05) is 5.32 Å². The Morgan fingerprint density at radius 3 is 2.37 bits per heavy atom. The fourth-order valence-corrected chi connectivity index (χ4v) is 2.21. The van der Waals surface area contributed by atoms with Crippen molar-refractivity contribution < 1.29 is 14.7 Å². The van der Waals surface area contributed by atoms with Crippen molar-refractivity contribution in [3.63, 3.8) is 0 Å². The minimum absolute atomic E-state index is 0.0158. The summed E-state index contributed by atoms with van der Waals surface area (Å²) in [5, 5.41) is 19.4. The van der Waals surface area contributed by atoms with Gasteiger partial charge < -0.3 is 5.11 Å². The molecule has 0 spiro atoms. The largest absolute Gasteiger partial charge is 0.478 e. The van der Waals surface area contributed by atoms with Gasteiger partial charge in [0, 0.05) is 0 Å². The first-order valence-electron chi connectivity index (χ1n) is 5.41. The number of aryl methyl sites for hydroxylation is 2. The second-order valence-corrected chi connectivity index (χ2v) is 4.79. The van der Waals surface area contributed by atoms with E-state index in [1.54, 1.807) is 26.0 Å². The molecule has 0 aliphatic heterocycles. The van der Waals surface area contributed by atoms with Crippen LogP contribution in [0.1, 0.15) is 31.8 Å². The van der Waals surface area contributed by atoms with Crippen LogP contribution in [0.2, 0.25) is 0 Å². The fraction of sp³-hybridized carbons (Fsp3) is 0.167. The molecule has 0 fully saturated rings. The van der Waals surface area contributed by atoms with Gasteiger partial charge in [-0.1, -0.05) is 23.5 Å². The number of amides is 1. The van der Waals surface area contributed by atoms with Crippen LogP contribution < -0.4 is 5.32 Å². The number of hydrogen-bond donors (Lipinski definition) is 2. The third kappa shape index (κ3) is 2.60. The van der Waals surface area contributed by atoms with Crippen molar-refractivity contribution >= 4 is 28.3 Å². The van der Waals surface area contributed by atoms with Gasteiger partial charge in [0.25, 0.3) is 5.91 Å². The van der Waals surface area contributed by atoms with Crippen LogP contribution in [0, 0.1) is 13.8 Å². The lowest BCUT2D eigenvalue weighted by Gasteiger charge is -2.11. The van der Waals surface area contributed by atoms with E-state index >= 15 is 0 Å². The zero-order valence-electron chi connectivity index (χ0n) is 10.3. The highest BCUT2D eigenvalue weighted by Gasteiger charge is 2.21. The van der Waals surface area contributed by atoms with E-state index in [2.05, 4.69) is 15.5 Å². The van der Waals surface area contributed by atoms with Gasteiger partial charge in [0.05, 0.1) is 11.1 Å². The normalized spacial score (nSPS) is 10.2. The summed E-state index contributed by atoms with van der Waals surface area (Å²) in [4.78, 5) is 23.5. The van der Waals surface area contributed by atoms with Crippen LogP contribution in [0.3, 0.4) is 0 Å². The molecule has 0 saturated carbocycles. The van der Waals surface area contributed by atoms with Gasteiger partial charge in [0.1, 0.15) is 5.51 Å². The summed E-state index contributed by atoms with van der Waals surface area (Å²) in [6.07, 6.45) is 0.